The van der Waals surface area contributed by atoms with E-state index in [-0.39, 0.29) is 18.6 Å². The zero-order valence-corrected chi connectivity index (χ0v) is 18.9. The van der Waals surface area contributed by atoms with Gasteiger partial charge in [0, 0.05) is 11.7 Å². The van der Waals surface area contributed by atoms with Gasteiger partial charge in [-0.15, -0.1) is 0 Å². The first-order chi connectivity index (χ1) is 15.9. The van der Waals surface area contributed by atoms with Crippen LogP contribution in [0.3, 0.4) is 0 Å². The smallest absolute Gasteiger partial charge is 0.329 e. The average Bonchev–Trinajstić information content (AvgIpc) is 3.60. The van der Waals surface area contributed by atoms with Gasteiger partial charge in [0.05, 0.1) is 12.8 Å². The Morgan fingerprint density at radius 1 is 1.06 bits per heavy atom. The Bertz CT molecular complexity index is 1060. The molecule has 9 nitrogen and oxygen atoms in total. The third kappa shape index (κ3) is 7.06. The number of aryl methyl sites for hydroxylation is 1. The molecule has 0 saturated heterocycles. The molecule has 0 atom stereocenters. The number of anilines is 1. The van der Waals surface area contributed by atoms with E-state index in [9.17, 15) is 14.4 Å². The second-order valence-electron chi connectivity index (χ2n) is 7.67. The van der Waals surface area contributed by atoms with Gasteiger partial charge in [-0.2, -0.15) is 5.10 Å². The Kier molecular flexibility index (Phi) is 8.01. The molecule has 1 saturated carbocycles. The van der Waals surface area contributed by atoms with E-state index in [1.54, 1.807) is 18.2 Å². The van der Waals surface area contributed by atoms with Gasteiger partial charge < -0.3 is 20.1 Å². The first kappa shape index (κ1) is 23.8. The summed E-state index contributed by atoms with van der Waals surface area (Å²) in [7, 11) is 0. The van der Waals surface area contributed by atoms with Gasteiger partial charge in [0.1, 0.15) is 0 Å². The van der Waals surface area contributed by atoms with Crippen LogP contribution in [-0.4, -0.2) is 43.2 Å². The van der Waals surface area contributed by atoms with Crippen molar-refractivity contribution in [2.75, 3.05) is 18.5 Å². The van der Waals surface area contributed by atoms with Gasteiger partial charge in [0.15, 0.2) is 18.1 Å². The van der Waals surface area contributed by atoms with Gasteiger partial charge in [0.25, 0.3) is 5.91 Å². The number of hydrogen-bond acceptors (Lipinski definition) is 6. The Morgan fingerprint density at radius 2 is 1.85 bits per heavy atom. The topological polar surface area (TPSA) is 118 Å². The fraction of sp³-hybridized carbons (Fsp3) is 0.333. The minimum Gasteiger partial charge on any atom is -0.490 e. The summed E-state index contributed by atoms with van der Waals surface area (Å²) in [5, 5.41) is 9.25. The zero-order chi connectivity index (χ0) is 23.8. The third-order valence-corrected chi connectivity index (χ3v) is 5.00. The number of amides is 3. The largest absolute Gasteiger partial charge is 0.490 e. The molecule has 1 aliphatic carbocycles. The van der Waals surface area contributed by atoms with E-state index in [0.717, 1.165) is 29.7 Å². The summed E-state index contributed by atoms with van der Waals surface area (Å²) in [6, 6.07) is 10.8. The predicted octanol–water partition coefficient (Wildman–Crippen LogP) is 2.45. The Hall–Kier alpha value is -3.88. The lowest BCUT2D eigenvalue weighted by Crippen LogP contribution is -2.38. The molecule has 2 aromatic rings. The Balaban J connectivity index is 1.57. The molecule has 1 fully saturated rings. The molecule has 0 bridgehead atoms. The van der Waals surface area contributed by atoms with Crippen LogP contribution >= 0.6 is 0 Å². The second-order valence-corrected chi connectivity index (χ2v) is 7.67. The Morgan fingerprint density at radius 3 is 2.58 bits per heavy atom. The minimum absolute atomic E-state index is 0.0939. The van der Waals surface area contributed by atoms with Crippen LogP contribution in [0.25, 0.3) is 0 Å². The highest BCUT2D eigenvalue weighted by Crippen LogP contribution is 2.28. The SMILES string of the molecule is CCOc1cc(C=NNC(=O)C(=O)NC2CC2)ccc1OCC(=O)Nc1cccc(C)c1C. The van der Waals surface area contributed by atoms with Gasteiger partial charge in [0.2, 0.25) is 0 Å². The third-order valence-electron chi connectivity index (χ3n) is 5.00. The molecule has 0 aliphatic heterocycles. The second kappa shape index (κ2) is 11.1. The molecule has 33 heavy (non-hydrogen) atoms. The highest BCUT2D eigenvalue weighted by atomic mass is 16.5. The van der Waals surface area contributed by atoms with Crippen LogP contribution in [0.4, 0.5) is 5.69 Å². The number of hydrazone groups is 1. The number of hydrogen-bond donors (Lipinski definition) is 3. The molecule has 0 heterocycles. The summed E-state index contributed by atoms with van der Waals surface area (Å²) in [5.41, 5.74) is 5.65. The van der Waals surface area contributed by atoms with E-state index >= 15 is 0 Å². The van der Waals surface area contributed by atoms with Crippen molar-refractivity contribution in [3.8, 4) is 11.5 Å². The van der Waals surface area contributed by atoms with Gasteiger partial charge >= 0.3 is 11.8 Å². The molecule has 0 spiro atoms. The molecule has 174 valence electrons. The van der Waals surface area contributed by atoms with E-state index < -0.39 is 11.8 Å². The maximum Gasteiger partial charge on any atom is 0.329 e. The van der Waals surface area contributed by atoms with Gasteiger partial charge in [-0.1, -0.05) is 12.1 Å². The number of benzene rings is 2. The highest BCUT2D eigenvalue weighted by Gasteiger charge is 2.26. The molecule has 3 N–H and O–H groups in total. The summed E-state index contributed by atoms with van der Waals surface area (Å²) in [6.45, 7) is 5.96. The maximum absolute atomic E-state index is 12.3. The standard InChI is InChI=1S/C24H28N4O5/c1-4-32-21-12-17(13-25-28-24(31)23(30)26-18-9-10-18)8-11-20(21)33-14-22(29)27-19-7-5-6-15(2)16(19)3/h5-8,11-13,18H,4,9-10,14H2,1-3H3,(H,26,30)(H,27,29)(H,28,31). The lowest BCUT2D eigenvalue weighted by molar-refractivity contribution is -0.139. The summed E-state index contributed by atoms with van der Waals surface area (Å²) < 4.78 is 11.3. The number of ether oxygens (including phenoxy) is 2. The average molecular weight is 453 g/mol. The van der Waals surface area contributed by atoms with Gasteiger partial charge in [-0.25, -0.2) is 5.43 Å². The number of carbonyl (C=O) groups excluding carboxylic acids is 3. The summed E-state index contributed by atoms with van der Waals surface area (Å²) >= 11 is 0. The lowest BCUT2D eigenvalue weighted by Gasteiger charge is -2.14. The number of rotatable bonds is 9. The van der Waals surface area contributed by atoms with Crippen LogP contribution in [-0.2, 0) is 14.4 Å². The van der Waals surface area contributed by atoms with Crippen LogP contribution in [0.15, 0.2) is 41.5 Å². The van der Waals surface area contributed by atoms with Crippen LogP contribution in [0.5, 0.6) is 11.5 Å². The van der Waals surface area contributed by atoms with Crippen LogP contribution in [0.2, 0.25) is 0 Å². The first-order valence-electron chi connectivity index (χ1n) is 10.8. The molecule has 0 radical (unpaired) electrons. The molecule has 3 amide bonds. The normalized spacial score (nSPS) is 12.8. The fourth-order valence-corrected chi connectivity index (χ4v) is 2.90. The van der Waals surface area contributed by atoms with E-state index in [0.29, 0.717) is 23.7 Å². The zero-order valence-electron chi connectivity index (χ0n) is 18.9. The van der Waals surface area contributed by atoms with Gasteiger partial charge in [-0.3, -0.25) is 14.4 Å². The van der Waals surface area contributed by atoms with Crippen molar-refractivity contribution in [3.05, 3.63) is 53.1 Å². The minimum atomic E-state index is -0.821. The molecule has 0 unspecified atom stereocenters. The molecule has 1 aliphatic rings. The van der Waals surface area contributed by atoms with Crippen LogP contribution < -0.4 is 25.5 Å². The van der Waals surface area contributed by atoms with Crippen LogP contribution in [0.1, 0.15) is 36.5 Å². The molecular formula is C24H28N4O5. The molecule has 9 heteroatoms. The summed E-state index contributed by atoms with van der Waals surface area (Å²) in [5.74, 6) is -0.980. The molecule has 2 aromatic carbocycles. The molecule has 3 rings (SSSR count). The highest BCUT2D eigenvalue weighted by molar-refractivity contribution is 6.35. The molecule has 0 aromatic heterocycles. The summed E-state index contributed by atoms with van der Waals surface area (Å²) in [4.78, 5) is 35.7. The monoisotopic (exact) mass is 452 g/mol. The fourth-order valence-electron chi connectivity index (χ4n) is 2.90. The lowest BCUT2D eigenvalue weighted by atomic mass is 10.1. The number of nitrogens with zero attached hydrogens (tertiary/aromatic N) is 1. The Labute approximate surface area is 192 Å². The van der Waals surface area contributed by atoms with E-state index in [2.05, 4.69) is 21.2 Å². The maximum atomic E-state index is 12.3. The predicted molar refractivity (Wildman–Crippen MR) is 125 cm³/mol. The van der Waals surface area contributed by atoms with Crippen molar-refractivity contribution in [2.45, 2.75) is 39.7 Å². The van der Waals surface area contributed by atoms with E-state index in [1.165, 1.54) is 6.21 Å². The van der Waals surface area contributed by atoms with Crippen LogP contribution in [0, 0.1) is 13.8 Å². The quantitative estimate of drug-likeness (QED) is 0.307. The van der Waals surface area contributed by atoms with E-state index in [1.807, 2.05) is 39.0 Å². The van der Waals surface area contributed by atoms with E-state index in [4.69, 9.17) is 9.47 Å². The van der Waals surface area contributed by atoms with Crippen molar-refractivity contribution in [2.24, 2.45) is 5.10 Å². The number of nitrogens with one attached hydrogen (secondary N) is 3. The van der Waals surface area contributed by atoms with Crippen molar-refractivity contribution >= 4 is 29.6 Å². The van der Waals surface area contributed by atoms with Crippen molar-refractivity contribution in [1.29, 1.82) is 0 Å². The van der Waals surface area contributed by atoms with Gasteiger partial charge in [-0.05, 0) is 74.6 Å². The van der Waals surface area contributed by atoms with Crippen molar-refractivity contribution in [1.82, 2.24) is 10.7 Å². The number of carbonyl (C=O) groups is 3. The first-order valence-corrected chi connectivity index (χ1v) is 10.8. The van der Waals surface area contributed by atoms with Crippen molar-refractivity contribution in [3.63, 3.8) is 0 Å². The van der Waals surface area contributed by atoms with Crippen molar-refractivity contribution < 1.29 is 23.9 Å². The summed E-state index contributed by atoms with van der Waals surface area (Å²) in [6.07, 6.45) is 3.18. The molecular weight excluding hydrogens is 424 g/mol.